The van der Waals surface area contributed by atoms with Crippen LogP contribution in [0, 0.1) is 0 Å². The molecule has 2 rings (SSSR count). The van der Waals surface area contributed by atoms with Crippen LogP contribution in [0.1, 0.15) is 26.5 Å². The van der Waals surface area contributed by atoms with Gasteiger partial charge in [0.2, 0.25) is 0 Å². The summed E-state index contributed by atoms with van der Waals surface area (Å²) in [6, 6.07) is 9.91. The SMILES string of the molecule is COc1cccc2ccc(CNC(C)(C)C(C)O)nc12. The molecule has 1 aromatic carbocycles. The van der Waals surface area contributed by atoms with Crippen molar-refractivity contribution < 1.29 is 9.84 Å². The summed E-state index contributed by atoms with van der Waals surface area (Å²) >= 11 is 0. The van der Waals surface area contributed by atoms with Crippen LogP contribution in [0.4, 0.5) is 0 Å². The molecule has 4 heteroatoms. The second-order valence-electron chi connectivity index (χ2n) is 5.59. The standard InChI is InChI=1S/C16H22N2O2/c1-11(19)16(2,3)17-10-13-9-8-12-6-5-7-14(20-4)15(12)18-13/h5-9,11,17,19H,10H2,1-4H3. The highest BCUT2D eigenvalue weighted by Gasteiger charge is 2.23. The number of fused-ring (bicyclic) bond motifs is 1. The van der Waals surface area contributed by atoms with Gasteiger partial charge in [0.1, 0.15) is 11.3 Å². The number of benzene rings is 1. The summed E-state index contributed by atoms with van der Waals surface area (Å²) < 4.78 is 5.34. The van der Waals surface area contributed by atoms with Crippen LogP contribution in [0.25, 0.3) is 10.9 Å². The number of ether oxygens (including phenoxy) is 1. The van der Waals surface area contributed by atoms with Gasteiger partial charge in [0.05, 0.1) is 18.9 Å². The van der Waals surface area contributed by atoms with E-state index in [0.717, 1.165) is 22.3 Å². The van der Waals surface area contributed by atoms with Crippen LogP contribution in [0.5, 0.6) is 5.75 Å². The van der Waals surface area contributed by atoms with E-state index in [2.05, 4.69) is 10.3 Å². The first-order chi connectivity index (χ1) is 9.44. The lowest BCUT2D eigenvalue weighted by molar-refractivity contribution is 0.0954. The van der Waals surface area contributed by atoms with Crippen molar-refractivity contribution in [3.05, 3.63) is 36.0 Å². The lowest BCUT2D eigenvalue weighted by atomic mass is 9.99. The summed E-state index contributed by atoms with van der Waals surface area (Å²) in [4.78, 5) is 4.64. The van der Waals surface area contributed by atoms with Crippen molar-refractivity contribution in [2.24, 2.45) is 0 Å². The van der Waals surface area contributed by atoms with Gasteiger partial charge in [0.25, 0.3) is 0 Å². The first-order valence-electron chi connectivity index (χ1n) is 6.80. The minimum atomic E-state index is -0.433. The van der Waals surface area contributed by atoms with E-state index in [4.69, 9.17) is 4.74 Å². The summed E-state index contributed by atoms with van der Waals surface area (Å²) in [5, 5.41) is 14.1. The topological polar surface area (TPSA) is 54.4 Å². The summed E-state index contributed by atoms with van der Waals surface area (Å²) in [7, 11) is 1.65. The molecule has 0 fully saturated rings. The zero-order chi connectivity index (χ0) is 14.8. The van der Waals surface area contributed by atoms with Gasteiger partial charge < -0.3 is 15.2 Å². The number of para-hydroxylation sites is 1. The Labute approximate surface area is 119 Å². The smallest absolute Gasteiger partial charge is 0.145 e. The van der Waals surface area contributed by atoms with Gasteiger partial charge in [-0.1, -0.05) is 18.2 Å². The molecule has 4 nitrogen and oxygen atoms in total. The van der Waals surface area contributed by atoms with Crippen LogP contribution in [-0.4, -0.2) is 28.8 Å². The van der Waals surface area contributed by atoms with Crippen LogP contribution < -0.4 is 10.1 Å². The van der Waals surface area contributed by atoms with E-state index in [1.54, 1.807) is 14.0 Å². The zero-order valence-electron chi connectivity index (χ0n) is 12.5. The monoisotopic (exact) mass is 274 g/mol. The van der Waals surface area contributed by atoms with Crippen molar-refractivity contribution in [3.8, 4) is 5.75 Å². The minimum absolute atomic E-state index is 0.350. The number of hydrogen-bond donors (Lipinski definition) is 2. The first kappa shape index (κ1) is 14.8. The normalized spacial score (nSPS) is 13.4. The highest BCUT2D eigenvalue weighted by molar-refractivity contribution is 5.84. The van der Waals surface area contributed by atoms with Crippen molar-refractivity contribution in [1.29, 1.82) is 0 Å². The molecule has 20 heavy (non-hydrogen) atoms. The van der Waals surface area contributed by atoms with Crippen molar-refractivity contribution in [2.75, 3.05) is 7.11 Å². The van der Waals surface area contributed by atoms with E-state index in [-0.39, 0.29) is 5.54 Å². The Morgan fingerprint density at radius 2 is 2.05 bits per heavy atom. The molecule has 0 saturated heterocycles. The predicted molar refractivity (Wildman–Crippen MR) is 80.9 cm³/mol. The van der Waals surface area contributed by atoms with Crippen molar-refractivity contribution >= 4 is 10.9 Å². The summed E-state index contributed by atoms with van der Waals surface area (Å²) in [5.41, 5.74) is 1.44. The van der Waals surface area contributed by atoms with Crippen LogP contribution in [0.3, 0.4) is 0 Å². The van der Waals surface area contributed by atoms with Gasteiger partial charge in [-0.25, -0.2) is 4.98 Å². The predicted octanol–water partition coefficient (Wildman–Crippen LogP) is 2.49. The molecule has 0 spiro atoms. The van der Waals surface area contributed by atoms with Gasteiger partial charge >= 0.3 is 0 Å². The lowest BCUT2D eigenvalue weighted by Gasteiger charge is -2.29. The number of aromatic nitrogens is 1. The number of nitrogens with zero attached hydrogens (tertiary/aromatic N) is 1. The maximum atomic E-state index is 9.71. The number of hydrogen-bond acceptors (Lipinski definition) is 4. The zero-order valence-corrected chi connectivity index (χ0v) is 12.5. The molecule has 0 aliphatic rings. The Hall–Kier alpha value is -1.65. The van der Waals surface area contributed by atoms with Gasteiger partial charge in [-0.3, -0.25) is 0 Å². The Bertz CT molecular complexity index is 594. The minimum Gasteiger partial charge on any atom is -0.494 e. The largest absolute Gasteiger partial charge is 0.494 e. The number of nitrogens with one attached hydrogen (secondary N) is 1. The molecule has 1 atom stereocenters. The molecule has 2 N–H and O–H groups in total. The number of methoxy groups -OCH3 is 1. The molecule has 2 aromatic rings. The van der Waals surface area contributed by atoms with Crippen LogP contribution >= 0.6 is 0 Å². The Kier molecular flexibility index (Phi) is 4.26. The van der Waals surface area contributed by atoms with E-state index >= 15 is 0 Å². The van der Waals surface area contributed by atoms with E-state index in [1.165, 1.54) is 0 Å². The van der Waals surface area contributed by atoms with E-state index in [0.29, 0.717) is 6.54 Å². The van der Waals surface area contributed by atoms with Gasteiger partial charge in [0, 0.05) is 17.5 Å². The van der Waals surface area contributed by atoms with Gasteiger partial charge in [-0.15, -0.1) is 0 Å². The average molecular weight is 274 g/mol. The van der Waals surface area contributed by atoms with Gasteiger partial charge in [-0.05, 0) is 32.9 Å². The molecule has 1 unspecified atom stereocenters. The Morgan fingerprint density at radius 3 is 2.70 bits per heavy atom. The third-order valence-corrected chi connectivity index (χ3v) is 3.73. The van der Waals surface area contributed by atoms with E-state index in [1.807, 2.05) is 44.2 Å². The maximum absolute atomic E-state index is 9.71. The fraction of sp³-hybridized carbons (Fsp3) is 0.438. The average Bonchev–Trinajstić information content (AvgIpc) is 2.44. The quantitative estimate of drug-likeness (QED) is 0.879. The molecular weight excluding hydrogens is 252 g/mol. The Morgan fingerprint density at radius 1 is 1.30 bits per heavy atom. The molecule has 0 amide bonds. The fourth-order valence-corrected chi connectivity index (χ4v) is 1.89. The maximum Gasteiger partial charge on any atom is 0.145 e. The van der Waals surface area contributed by atoms with Crippen molar-refractivity contribution in [3.63, 3.8) is 0 Å². The van der Waals surface area contributed by atoms with Crippen molar-refractivity contribution in [2.45, 2.75) is 39.0 Å². The molecule has 0 aliphatic heterocycles. The number of rotatable bonds is 5. The lowest BCUT2D eigenvalue weighted by Crippen LogP contribution is -2.47. The molecular formula is C16H22N2O2. The van der Waals surface area contributed by atoms with Crippen molar-refractivity contribution in [1.82, 2.24) is 10.3 Å². The van der Waals surface area contributed by atoms with E-state index < -0.39 is 6.10 Å². The summed E-state index contributed by atoms with van der Waals surface area (Å²) in [5.74, 6) is 0.777. The first-order valence-corrected chi connectivity index (χ1v) is 6.80. The third-order valence-electron chi connectivity index (χ3n) is 3.73. The molecule has 108 valence electrons. The van der Waals surface area contributed by atoms with Gasteiger partial charge in [-0.2, -0.15) is 0 Å². The molecule has 1 aromatic heterocycles. The second kappa shape index (κ2) is 5.77. The van der Waals surface area contributed by atoms with Gasteiger partial charge in [0.15, 0.2) is 0 Å². The summed E-state index contributed by atoms with van der Waals surface area (Å²) in [6.07, 6.45) is -0.433. The molecule has 1 heterocycles. The number of aliphatic hydroxyl groups is 1. The number of pyridine rings is 1. The Balaban J connectivity index is 2.24. The highest BCUT2D eigenvalue weighted by Crippen LogP contribution is 2.23. The number of aliphatic hydroxyl groups excluding tert-OH is 1. The van der Waals surface area contributed by atoms with Crippen LogP contribution in [-0.2, 0) is 6.54 Å². The molecule has 0 aliphatic carbocycles. The molecule has 0 bridgehead atoms. The highest BCUT2D eigenvalue weighted by atomic mass is 16.5. The van der Waals surface area contributed by atoms with Crippen LogP contribution in [0.15, 0.2) is 30.3 Å². The van der Waals surface area contributed by atoms with Crippen LogP contribution in [0.2, 0.25) is 0 Å². The summed E-state index contributed by atoms with van der Waals surface area (Å²) in [6.45, 7) is 6.33. The second-order valence-corrected chi connectivity index (χ2v) is 5.59. The third kappa shape index (κ3) is 3.08. The fourth-order valence-electron chi connectivity index (χ4n) is 1.89. The van der Waals surface area contributed by atoms with E-state index in [9.17, 15) is 5.11 Å². The molecule has 0 saturated carbocycles. The molecule has 0 radical (unpaired) electrons.